The van der Waals surface area contributed by atoms with Crippen LogP contribution in [-0.4, -0.2) is 12.1 Å². The molecule has 2 nitrogen and oxygen atoms in total. The highest BCUT2D eigenvalue weighted by molar-refractivity contribution is 9.10. The van der Waals surface area contributed by atoms with Gasteiger partial charge >= 0.3 is 0 Å². The zero-order valence-electron chi connectivity index (χ0n) is 14.4. The largest absolute Gasteiger partial charge is 0.308 e. The first-order valence-corrected chi connectivity index (χ1v) is 9.77. The van der Waals surface area contributed by atoms with E-state index >= 15 is 0 Å². The molecule has 0 spiro atoms. The molecule has 2 aromatic rings. The zero-order valence-corrected chi connectivity index (χ0v) is 16.0. The van der Waals surface area contributed by atoms with Crippen LogP contribution in [0.25, 0.3) is 0 Å². The van der Waals surface area contributed by atoms with Crippen LogP contribution < -0.4 is 10.6 Å². The van der Waals surface area contributed by atoms with Gasteiger partial charge in [0, 0.05) is 29.6 Å². The summed E-state index contributed by atoms with van der Waals surface area (Å²) in [5.74, 6) is 0. The smallest absolute Gasteiger partial charge is 0.0224 e. The van der Waals surface area contributed by atoms with Gasteiger partial charge in [-0.1, -0.05) is 65.2 Å². The van der Waals surface area contributed by atoms with Crippen molar-refractivity contribution in [2.45, 2.75) is 57.8 Å². The van der Waals surface area contributed by atoms with Gasteiger partial charge in [0.05, 0.1) is 0 Å². The first-order chi connectivity index (χ1) is 11.7. The summed E-state index contributed by atoms with van der Waals surface area (Å²) in [6, 6.07) is 18.4. The third-order valence-electron chi connectivity index (χ3n) is 5.06. The van der Waals surface area contributed by atoms with E-state index in [2.05, 4.69) is 82.0 Å². The van der Waals surface area contributed by atoms with Gasteiger partial charge in [0.25, 0.3) is 0 Å². The second-order valence-corrected chi connectivity index (χ2v) is 7.73. The van der Waals surface area contributed by atoms with E-state index in [9.17, 15) is 0 Å². The lowest BCUT2D eigenvalue weighted by Crippen LogP contribution is -2.49. The first kappa shape index (κ1) is 17.7. The van der Waals surface area contributed by atoms with Crippen LogP contribution in [0.4, 0.5) is 0 Å². The summed E-state index contributed by atoms with van der Waals surface area (Å²) >= 11 is 3.50. The summed E-state index contributed by atoms with van der Waals surface area (Å²) < 4.78 is 1.14. The molecule has 1 fully saturated rings. The Labute approximate surface area is 154 Å². The Morgan fingerprint density at radius 3 is 2.17 bits per heavy atom. The molecule has 0 radical (unpaired) electrons. The molecule has 1 aliphatic carbocycles. The third kappa shape index (κ3) is 4.92. The molecule has 24 heavy (non-hydrogen) atoms. The van der Waals surface area contributed by atoms with E-state index in [-0.39, 0.29) is 0 Å². The van der Waals surface area contributed by atoms with Crippen molar-refractivity contribution in [2.24, 2.45) is 0 Å². The van der Waals surface area contributed by atoms with Crippen molar-refractivity contribution in [3.8, 4) is 0 Å². The van der Waals surface area contributed by atoms with E-state index < -0.39 is 0 Å². The molecule has 0 heterocycles. The number of rotatable bonds is 6. The lowest BCUT2D eigenvalue weighted by atomic mass is 9.90. The molecule has 3 heteroatoms. The van der Waals surface area contributed by atoms with Gasteiger partial charge in [0.15, 0.2) is 0 Å². The molecule has 0 aliphatic heterocycles. The van der Waals surface area contributed by atoms with Crippen LogP contribution in [0.15, 0.2) is 53.0 Å². The molecular weight excluding hydrogens is 360 g/mol. The summed E-state index contributed by atoms with van der Waals surface area (Å²) in [4.78, 5) is 0. The van der Waals surface area contributed by atoms with Crippen molar-refractivity contribution in [1.82, 2.24) is 10.6 Å². The molecule has 2 unspecified atom stereocenters. The van der Waals surface area contributed by atoms with Gasteiger partial charge in [0.1, 0.15) is 0 Å². The molecular formula is C21H27BrN2. The van der Waals surface area contributed by atoms with Gasteiger partial charge < -0.3 is 10.6 Å². The average molecular weight is 387 g/mol. The van der Waals surface area contributed by atoms with Crippen molar-refractivity contribution in [2.75, 3.05) is 0 Å². The molecule has 0 aromatic heterocycles. The number of halogens is 1. The Kier molecular flexibility index (Phi) is 6.47. The van der Waals surface area contributed by atoms with E-state index in [4.69, 9.17) is 0 Å². The lowest BCUT2D eigenvalue weighted by molar-refractivity contribution is 0.281. The molecule has 0 saturated heterocycles. The van der Waals surface area contributed by atoms with E-state index in [1.807, 2.05) is 0 Å². The molecule has 1 aliphatic rings. The highest BCUT2D eigenvalue weighted by atomic mass is 79.9. The van der Waals surface area contributed by atoms with Crippen LogP contribution in [0.3, 0.4) is 0 Å². The molecule has 0 amide bonds. The minimum atomic E-state index is 0.561. The summed E-state index contributed by atoms with van der Waals surface area (Å²) in [6.45, 7) is 4.11. The molecule has 128 valence electrons. The number of aryl methyl sites for hydroxylation is 1. The van der Waals surface area contributed by atoms with Crippen molar-refractivity contribution in [1.29, 1.82) is 0 Å². The Morgan fingerprint density at radius 2 is 1.50 bits per heavy atom. The van der Waals surface area contributed by atoms with Gasteiger partial charge in [0.2, 0.25) is 0 Å². The summed E-state index contributed by atoms with van der Waals surface area (Å²) in [5.41, 5.74) is 4.14. The predicted molar refractivity (Wildman–Crippen MR) is 105 cm³/mol. The SMILES string of the molecule is Cc1ccccc1CNC1CCCCC1NCc1ccc(Br)cc1. The molecule has 2 aromatic carbocycles. The predicted octanol–water partition coefficient (Wildman–Crippen LogP) is 4.95. The lowest BCUT2D eigenvalue weighted by Gasteiger charge is -2.33. The second kappa shape index (κ2) is 8.80. The van der Waals surface area contributed by atoms with Crippen LogP contribution in [0.5, 0.6) is 0 Å². The van der Waals surface area contributed by atoms with E-state index in [0.717, 1.165) is 17.6 Å². The highest BCUT2D eigenvalue weighted by Crippen LogP contribution is 2.20. The Balaban J connectivity index is 1.55. The van der Waals surface area contributed by atoms with Crippen LogP contribution in [0.2, 0.25) is 0 Å². The van der Waals surface area contributed by atoms with Gasteiger partial charge in [-0.25, -0.2) is 0 Å². The van der Waals surface area contributed by atoms with Crippen molar-refractivity contribution >= 4 is 15.9 Å². The maximum Gasteiger partial charge on any atom is 0.0224 e. The number of hydrogen-bond donors (Lipinski definition) is 2. The fraction of sp³-hybridized carbons (Fsp3) is 0.429. The quantitative estimate of drug-likeness (QED) is 0.733. The zero-order chi connectivity index (χ0) is 16.8. The first-order valence-electron chi connectivity index (χ1n) is 8.98. The van der Waals surface area contributed by atoms with E-state index in [0.29, 0.717) is 12.1 Å². The van der Waals surface area contributed by atoms with Gasteiger partial charge in [-0.2, -0.15) is 0 Å². The Morgan fingerprint density at radius 1 is 0.875 bits per heavy atom. The van der Waals surface area contributed by atoms with E-state index in [1.165, 1.54) is 42.4 Å². The minimum absolute atomic E-state index is 0.561. The van der Waals surface area contributed by atoms with Crippen LogP contribution in [-0.2, 0) is 13.1 Å². The van der Waals surface area contributed by atoms with Gasteiger partial charge in [-0.05, 0) is 48.6 Å². The topological polar surface area (TPSA) is 24.1 Å². The van der Waals surface area contributed by atoms with Crippen molar-refractivity contribution in [3.05, 3.63) is 69.7 Å². The molecule has 2 N–H and O–H groups in total. The molecule has 2 atom stereocenters. The second-order valence-electron chi connectivity index (χ2n) is 6.81. The summed E-state index contributed by atoms with van der Waals surface area (Å²) in [7, 11) is 0. The van der Waals surface area contributed by atoms with E-state index in [1.54, 1.807) is 0 Å². The maximum absolute atomic E-state index is 3.80. The van der Waals surface area contributed by atoms with Crippen molar-refractivity contribution < 1.29 is 0 Å². The highest BCUT2D eigenvalue weighted by Gasteiger charge is 2.24. The van der Waals surface area contributed by atoms with Crippen LogP contribution >= 0.6 is 15.9 Å². The van der Waals surface area contributed by atoms with Crippen LogP contribution in [0.1, 0.15) is 42.4 Å². The fourth-order valence-electron chi connectivity index (χ4n) is 3.52. The van der Waals surface area contributed by atoms with Gasteiger partial charge in [-0.3, -0.25) is 0 Å². The van der Waals surface area contributed by atoms with Crippen LogP contribution in [0, 0.1) is 6.92 Å². The normalized spacial score (nSPS) is 20.9. The molecule has 1 saturated carbocycles. The Bertz CT molecular complexity index is 639. The fourth-order valence-corrected chi connectivity index (χ4v) is 3.78. The number of benzene rings is 2. The number of hydrogen-bond acceptors (Lipinski definition) is 2. The maximum atomic E-state index is 3.80. The average Bonchev–Trinajstić information content (AvgIpc) is 2.61. The standard InChI is InChI=1S/C21H27BrN2/c1-16-6-2-3-7-18(16)15-24-21-9-5-4-8-20(21)23-14-17-10-12-19(22)13-11-17/h2-3,6-7,10-13,20-21,23-24H,4-5,8-9,14-15H2,1H3. The number of nitrogens with one attached hydrogen (secondary N) is 2. The minimum Gasteiger partial charge on any atom is -0.308 e. The summed E-state index contributed by atoms with van der Waals surface area (Å²) in [6.07, 6.45) is 5.20. The van der Waals surface area contributed by atoms with Crippen molar-refractivity contribution in [3.63, 3.8) is 0 Å². The Hall–Kier alpha value is -1.16. The monoisotopic (exact) mass is 386 g/mol. The third-order valence-corrected chi connectivity index (χ3v) is 5.59. The van der Waals surface area contributed by atoms with Gasteiger partial charge in [-0.15, -0.1) is 0 Å². The molecule has 0 bridgehead atoms. The molecule has 3 rings (SSSR count). The summed E-state index contributed by atoms with van der Waals surface area (Å²) in [5, 5.41) is 7.58.